The first-order valence-corrected chi connectivity index (χ1v) is 15.0. The minimum Gasteiger partial charge on any atom is -0.468 e. The highest BCUT2D eigenvalue weighted by atomic mass is 19.1. The predicted molar refractivity (Wildman–Crippen MR) is 162 cm³/mol. The molecule has 3 fully saturated rings. The van der Waals surface area contributed by atoms with Gasteiger partial charge in [0.15, 0.2) is 12.6 Å². The molecule has 3 aliphatic heterocycles. The molecule has 0 aliphatic carbocycles. The highest BCUT2D eigenvalue weighted by Gasteiger charge is 2.49. The first kappa shape index (κ1) is 29.5. The van der Waals surface area contributed by atoms with Crippen molar-refractivity contribution in [3.05, 3.63) is 47.7 Å². The molecule has 12 heteroatoms. The van der Waals surface area contributed by atoms with Crippen LogP contribution in [0.4, 0.5) is 19.0 Å². The highest BCUT2D eigenvalue weighted by molar-refractivity contribution is 6.03. The van der Waals surface area contributed by atoms with Crippen molar-refractivity contribution in [1.82, 2.24) is 19.9 Å². The maximum absolute atomic E-state index is 16.8. The molecule has 2 atom stereocenters. The summed E-state index contributed by atoms with van der Waals surface area (Å²) in [5, 5.41) is 1.24. The molecule has 234 valence electrons. The minimum atomic E-state index is -0.919. The van der Waals surface area contributed by atoms with Crippen LogP contribution < -0.4 is 14.4 Å². The van der Waals surface area contributed by atoms with Gasteiger partial charge in [0.05, 0.1) is 29.7 Å². The molecule has 2 aromatic heterocycles. The Hall–Kier alpha value is -4.18. The van der Waals surface area contributed by atoms with E-state index < -0.39 is 23.3 Å². The van der Waals surface area contributed by atoms with Crippen molar-refractivity contribution in [2.75, 3.05) is 64.8 Å². The predicted octanol–water partition coefficient (Wildman–Crippen LogP) is 4.88. The molecule has 0 radical (unpaired) electrons. The molecule has 2 aromatic carbocycles. The normalized spacial score (nSPS) is 21.8. The van der Waals surface area contributed by atoms with Gasteiger partial charge in [0.1, 0.15) is 41.4 Å². The summed E-state index contributed by atoms with van der Waals surface area (Å²) in [6, 6.07) is 6.04. The number of hydrogen-bond acceptors (Lipinski definition) is 9. The Morgan fingerprint density at radius 1 is 1.13 bits per heavy atom. The molecule has 45 heavy (non-hydrogen) atoms. The van der Waals surface area contributed by atoms with Gasteiger partial charge < -0.3 is 23.8 Å². The van der Waals surface area contributed by atoms with Crippen LogP contribution >= 0.6 is 0 Å². The largest absolute Gasteiger partial charge is 0.468 e. The Morgan fingerprint density at radius 3 is 2.78 bits per heavy atom. The molecule has 3 aliphatic rings. The standard InChI is InChI=1S/C33H32F3N5O4/c1-3-23-26(35)6-5-20-13-22(45-19-42-2)14-24(27(20)23)29-28(36)30-25(16-37-29)31(40-9-11-43-12-10-40)39-32(38-30)44-18-33-7-4-8-41(33)17-21(34)15-33/h1,5-6,13-14,16,21H,4,7-12,15,17-19H2,2H3/t21-,33+/m1/s1. The average Bonchev–Trinajstić information content (AvgIpc) is 3.58. The number of benzene rings is 2. The number of rotatable bonds is 8. The molecule has 7 rings (SSSR count). The second kappa shape index (κ2) is 12.0. The summed E-state index contributed by atoms with van der Waals surface area (Å²) in [5.41, 5.74) is -0.328. The number of anilines is 1. The SMILES string of the molecule is C#Cc1c(F)ccc2cc(OCOC)cc(-c3ncc4c(N5CCOCC5)nc(OC[C@@]56CCCN5C[C@H](F)C6)nc4c3F)c12. The van der Waals surface area contributed by atoms with Gasteiger partial charge in [-0.25, -0.2) is 13.2 Å². The van der Waals surface area contributed by atoms with Crippen molar-refractivity contribution >= 4 is 27.5 Å². The molecule has 0 N–H and O–H groups in total. The van der Waals surface area contributed by atoms with Gasteiger partial charge in [0.2, 0.25) is 0 Å². The Morgan fingerprint density at radius 2 is 1.98 bits per heavy atom. The van der Waals surface area contributed by atoms with Crippen molar-refractivity contribution < 1.29 is 32.1 Å². The first-order valence-electron chi connectivity index (χ1n) is 15.0. The van der Waals surface area contributed by atoms with E-state index in [1.807, 2.05) is 4.90 Å². The zero-order valence-electron chi connectivity index (χ0n) is 24.8. The zero-order valence-corrected chi connectivity index (χ0v) is 24.8. The Balaban J connectivity index is 1.38. The molecule has 3 saturated heterocycles. The fourth-order valence-corrected chi connectivity index (χ4v) is 6.89. The summed E-state index contributed by atoms with van der Waals surface area (Å²) >= 11 is 0. The van der Waals surface area contributed by atoms with Gasteiger partial charge in [-0.3, -0.25) is 9.88 Å². The monoisotopic (exact) mass is 619 g/mol. The summed E-state index contributed by atoms with van der Waals surface area (Å²) in [4.78, 5) is 17.9. The number of terminal acetylenes is 1. The third-order valence-corrected chi connectivity index (χ3v) is 8.97. The fourth-order valence-electron chi connectivity index (χ4n) is 6.89. The summed E-state index contributed by atoms with van der Waals surface area (Å²) in [6.07, 6.45) is 8.46. The second-order valence-corrected chi connectivity index (χ2v) is 11.7. The van der Waals surface area contributed by atoms with Crippen LogP contribution in [-0.4, -0.2) is 91.5 Å². The maximum Gasteiger partial charge on any atom is 0.319 e. The zero-order chi connectivity index (χ0) is 31.1. The molecule has 4 aromatic rings. The van der Waals surface area contributed by atoms with Gasteiger partial charge in [-0.1, -0.05) is 12.0 Å². The number of nitrogens with zero attached hydrogens (tertiary/aromatic N) is 5. The smallest absolute Gasteiger partial charge is 0.319 e. The topological polar surface area (TPSA) is 82.1 Å². The summed E-state index contributed by atoms with van der Waals surface area (Å²) in [5.74, 6) is 1.86. The lowest BCUT2D eigenvalue weighted by molar-refractivity contribution is 0.0512. The molecule has 0 spiro atoms. The van der Waals surface area contributed by atoms with Gasteiger partial charge in [0, 0.05) is 50.3 Å². The van der Waals surface area contributed by atoms with Crippen molar-refractivity contribution in [3.8, 4) is 35.4 Å². The van der Waals surface area contributed by atoms with E-state index in [0.29, 0.717) is 67.0 Å². The van der Waals surface area contributed by atoms with E-state index in [9.17, 15) is 8.78 Å². The molecule has 5 heterocycles. The van der Waals surface area contributed by atoms with E-state index >= 15 is 4.39 Å². The lowest BCUT2D eigenvalue weighted by Crippen LogP contribution is -2.43. The third-order valence-electron chi connectivity index (χ3n) is 8.97. The van der Waals surface area contributed by atoms with E-state index in [0.717, 1.165) is 19.4 Å². The van der Waals surface area contributed by atoms with Crippen LogP contribution in [0.5, 0.6) is 11.8 Å². The first-order chi connectivity index (χ1) is 21.9. The number of pyridine rings is 1. The number of fused-ring (bicyclic) bond motifs is 3. The summed E-state index contributed by atoms with van der Waals surface area (Å²) in [6.45, 7) is 3.35. The fraction of sp³-hybridized carbons (Fsp3) is 0.424. The molecule has 0 amide bonds. The van der Waals surface area contributed by atoms with Gasteiger partial charge in [-0.2, -0.15) is 9.97 Å². The highest BCUT2D eigenvalue weighted by Crippen LogP contribution is 2.42. The Labute approximate surface area is 258 Å². The minimum absolute atomic E-state index is 0.0130. The second-order valence-electron chi connectivity index (χ2n) is 11.7. The summed E-state index contributed by atoms with van der Waals surface area (Å²) < 4.78 is 68.6. The van der Waals surface area contributed by atoms with Gasteiger partial charge in [-0.05, 0) is 43.0 Å². The molecular formula is C33H32F3N5O4. The lowest BCUT2D eigenvalue weighted by atomic mass is 9.95. The van der Waals surface area contributed by atoms with E-state index in [2.05, 4.69) is 20.8 Å². The number of alkyl halides is 1. The van der Waals surface area contributed by atoms with Crippen molar-refractivity contribution in [3.63, 3.8) is 0 Å². The van der Waals surface area contributed by atoms with Crippen LogP contribution in [0.1, 0.15) is 24.8 Å². The van der Waals surface area contributed by atoms with Crippen LogP contribution in [0, 0.1) is 24.0 Å². The van der Waals surface area contributed by atoms with Gasteiger partial charge in [-0.15, -0.1) is 6.42 Å². The summed E-state index contributed by atoms with van der Waals surface area (Å²) in [7, 11) is 1.48. The van der Waals surface area contributed by atoms with Crippen LogP contribution in [0.15, 0.2) is 30.5 Å². The maximum atomic E-state index is 16.8. The van der Waals surface area contributed by atoms with Crippen molar-refractivity contribution in [2.24, 2.45) is 0 Å². The number of methoxy groups -OCH3 is 1. The van der Waals surface area contributed by atoms with Crippen molar-refractivity contribution in [2.45, 2.75) is 31.0 Å². The van der Waals surface area contributed by atoms with E-state index in [-0.39, 0.29) is 41.7 Å². The van der Waals surface area contributed by atoms with E-state index in [4.69, 9.17) is 30.4 Å². The number of ether oxygens (including phenoxy) is 4. The number of morpholine rings is 1. The van der Waals surface area contributed by atoms with Crippen LogP contribution in [-0.2, 0) is 9.47 Å². The number of halogens is 3. The molecule has 0 saturated carbocycles. The lowest BCUT2D eigenvalue weighted by Gasteiger charge is -2.31. The van der Waals surface area contributed by atoms with Gasteiger partial charge >= 0.3 is 6.01 Å². The molecular weight excluding hydrogens is 587 g/mol. The molecule has 0 unspecified atom stereocenters. The van der Waals surface area contributed by atoms with Gasteiger partial charge in [0.25, 0.3) is 0 Å². The van der Waals surface area contributed by atoms with Crippen molar-refractivity contribution in [1.29, 1.82) is 0 Å². The van der Waals surface area contributed by atoms with E-state index in [1.165, 1.54) is 19.4 Å². The Kier molecular flexibility index (Phi) is 7.85. The third kappa shape index (κ3) is 5.28. The molecule has 0 bridgehead atoms. The van der Waals surface area contributed by atoms with E-state index in [1.54, 1.807) is 18.2 Å². The number of aromatic nitrogens is 3. The van der Waals surface area contributed by atoms with Crippen LogP contribution in [0.3, 0.4) is 0 Å². The average molecular weight is 620 g/mol. The van der Waals surface area contributed by atoms with Crippen LogP contribution in [0.25, 0.3) is 32.9 Å². The number of hydrogen-bond donors (Lipinski definition) is 0. The molecule has 9 nitrogen and oxygen atoms in total. The quantitative estimate of drug-likeness (QED) is 0.203. The Bertz CT molecular complexity index is 1810. The van der Waals surface area contributed by atoms with Crippen LogP contribution in [0.2, 0.25) is 0 Å².